The molecular weight excluding hydrogens is 406 g/mol. The van der Waals surface area contributed by atoms with Gasteiger partial charge >= 0.3 is 0 Å². The van der Waals surface area contributed by atoms with Gasteiger partial charge in [0.05, 0.1) is 10.6 Å². The SMILES string of the molecule is Cc1ccc(S(=O)(=O)Nc2ccc(Br)cc2Br)c(C)c1. The Balaban J connectivity index is 2.41. The summed E-state index contributed by atoms with van der Waals surface area (Å²) in [4.78, 5) is 0.290. The highest BCUT2D eigenvalue weighted by Crippen LogP contribution is 2.28. The molecule has 0 aliphatic rings. The zero-order valence-electron chi connectivity index (χ0n) is 10.9. The Kier molecular flexibility index (Phi) is 4.56. The molecule has 2 rings (SSSR count). The van der Waals surface area contributed by atoms with E-state index >= 15 is 0 Å². The zero-order valence-corrected chi connectivity index (χ0v) is 14.9. The van der Waals surface area contributed by atoms with Gasteiger partial charge in [-0.05, 0) is 59.6 Å². The van der Waals surface area contributed by atoms with Crippen molar-refractivity contribution in [1.29, 1.82) is 0 Å². The number of aryl methyl sites for hydroxylation is 2. The van der Waals surface area contributed by atoms with Crippen LogP contribution >= 0.6 is 31.9 Å². The number of sulfonamides is 1. The quantitative estimate of drug-likeness (QED) is 0.789. The van der Waals surface area contributed by atoms with Crippen molar-refractivity contribution in [3.63, 3.8) is 0 Å². The second-order valence-corrected chi connectivity index (χ2v) is 7.92. The molecule has 0 spiro atoms. The molecule has 2 aromatic carbocycles. The van der Waals surface area contributed by atoms with Gasteiger partial charge in [0, 0.05) is 8.95 Å². The van der Waals surface area contributed by atoms with Crippen molar-refractivity contribution < 1.29 is 8.42 Å². The molecule has 0 aromatic heterocycles. The number of benzene rings is 2. The minimum atomic E-state index is -3.59. The maximum atomic E-state index is 12.4. The van der Waals surface area contributed by atoms with Crippen LogP contribution in [0.25, 0.3) is 0 Å². The first-order valence-electron chi connectivity index (χ1n) is 5.85. The van der Waals surface area contributed by atoms with Gasteiger partial charge in [-0.1, -0.05) is 33.6 Å². The number of hydrogen-bond donors (Lipinski definition) is 1. The molecule has 0 saturated carbocycles. The van der Waals surface area contributed by atoms with Gasteiger partial charge in [0.25, 0.3) is 10.0 Å². The van der Waals surface area contributed by atoms with Gasteiger partial charge in [0.15, 0.2) is 0 Å². The molecule has 0 aliphatic heterocycles. The normalized spacial score (nSPS) is 11.4. The Morgan fingerprint density at radius 2 is 1.70 bits per heavy atom. The van der Waals surface area contributed by atoms with Crippen molar-refractivity contribution in [1.82, 2.24) is 0 Å². The van der Waals surface area contributed by atoms with Crippen molar-refractivity contribution in [2.45, 2.75) is 18.7 Å². The van der Waals surface area contributed by atoms with Crippen LogP contribution in [-0.4, -0.2) is 8.42 Å². The van der Waals surface area contributed by atoms with Crippen LogP contribution in [0.1, 0.15) is 11.1 Å². The van der Waals surface area contributed by atoms with Gasteiger partial charge in [-0.25, -0.2) is 8.42 Å². The molecule has 0 saturated heterocycles. The fourth-order valence-corrected chi connectivity index (χ4v) is 4.46. The highest BCUT2D eigenvalue weighted by molar-refractivity contribution is 9.11. The van der Waals surface area contributed by atoms with Gasteiger partial charge in [-0.2, -0.15) is 0 Å². The lowest BCUT2D eigenvalue weighted by molar-refractivity contribution is 0.600. The third kappa shape index (κ3) is 3.42. The number of hydrogen-bond acceptors (Lipinski definition) is 2. The molecule has 0 atom stereocenters. The molecule has 1 N–H and O–H groups in total. The van der Waals surface area contributed by atoms with Crippen LogP contribution in [0.4, 0.5) is 5.69 Å². The third-order valence-corrected chi connectivity index (χ3v) is 5.47. The summed E-state index contributed by atoms with van der Waals surface area (Å²) in [6, 6.07) is 10.5. The molecule has 0 bridgehead atoms. The number of anilines is 1. The summed E-state index contributed by atoms with van der Waals surface area (Å²) < 4.78 is 29.0. The maximum Gasteiger partial charge on any atom is 0.262 e. The minimum absolute atomic E-state index is 0.290. The third-order valence-electron chi connectivity index (χ3n) is 2.80. The van der Waals surface area contributed by atoms with Gasteiger partial charge in [0.1, 0.15) is 0 Å². The Labute approximate surface area is 135 Å². The lowest BCUT2D eigenvalue weighted by Gasteiger charge is -2.12. The minimum Gasteiger partial charge on any atom is -0.278 e. The van der Waals surface area contributed by atoms with E-state index in [4.69, 9.17) is 0 Å². The van der Waals surface area contributed by atoms with Crippen LogP contribution in [-0.2, 0) is 10.0 Å². The predicted octanol–water partition coefficient (Wildman–Crippen LogP) is 4.63. The van der Waals surface area contributed by atoms with E-state index in [2.05, 4.69) is 36.6 Å². The van der Waals surface area contributed by atoms with Crippen molar-refractivity contribution >= 4 is 47.6 Å². The molecule has 0 aliphatic carbocycles. The first kappa shape index (κ1) is 15.5. The predicted molar refractivity (Wildman–Crippen MR) is 88.6 cm³/mol. The van der Waals surface area contributed by atoms with E-state index in [9.17, 15) is 8.42 Å². The summed E-state index contributed by atoms with van der Waals surface area (Å²) >= 11 is 6.68. The Morgan fingerprint density at radius 3 is 2.30 bits per heavy atom. The van der Waals surface area contributed by atoms with Gasteiger partial charge in [0.2, 0.25) is 0 Å². The second-order valence-electron chi connectivity index (χ2n) is 4.50. The highest BCUT2D eigenvalue weighted by Gasteiger charge is 2.18. The van der Waals surface area contributed by atoms with Crippen LogP contribution in [0.15, 0.2) is 50.2 Å². The van der Waals surface area contributed by atoms with E-state index in [0.29, 0.717) is 10.2 Å². The first-order valence-corrected chi connectivity index (χ1v) is 8.91. The number of nitrogens with one attached hydrogen (secondary N) is 1. The van der Waals surface area contributed by atoms with Crippen molar-refractivity contribution in [2.24, 2.45) is 0 Å². The zero-order chi connectivity index (χ0) is 14.9. The topological polar surface area (TPSA) is 46.2 Å². The van der Waals surface area contributed by atoms with Crippen LogP contribution in [0.5, 0.6) is 0 Å². The molecule has 106 valence electrons. The highest BCUT2D eigenvalue weighted by atomic mass is 79.9. The van der Waals surface area contributed by atoms with E-state index in [1.54, 1.807) is 37.3 Å². The molecule has 6 heteroatoms. The molecule has 0 fully saturated rings. The van der Waals surface area contributed by atoms with Crippen LogP contribution in [0, 0.1) is 13.8 Å². The molecule has 3 nitrogen and oxygen atoms in total. The van der Waals surface area contributed by atoms with Crippen LogP contribution in [0.2, 0.25) is 0 Å². The molecular formula is C14H13Br2NO2S. The van der Waals surface area contributed by atoms with Crippen LogP contribution < -0.4 is 4.72 Å². The molecule has 0 amide bonds. The van der Waals surface area contributed by atoms with Gasteiger partial charge in [-0.15, -0.1) is 0 Å². The van der Waals surface area contributed by atoms with E-state index in [-0.39, 0.29) is 4.90 Å². The fourth-order valence-electron chi connectivity index (χ4n) is 1.87. The van der Waals surface area contributed by atoms with Crippen molar-refractivity contribution in [2.75, 3.05) is 4.72 Å². The summed E-state index contributed by atoms with van der Waals surface area (Å²) in [7, 11) is -3.59. The van der Waals surface area contributed by atoms with Crippen LogP contribution in [0.3, 0.4) is 0 Å². The summed E-state index contributed by atoms with van der Waals surface area (Å²) in [5.74, 6) is 0. The average molecular weight is 419 g/mol. The largest absolute Gasteiger partial charge is 0.278 e. The van der Waals surface area contributed by atoms with Gasteiger partial charge < -0.3 is 0 Å². The lowest BCUT2D eigenvalue weighted by atomic mass is 10.2. The Hall–Kier alpha value is -0.850. The van der Waals surface area contributed by atoms with E-state index < -0.39 is 10.0 Å². The van der Waals surface area contributed by atoms with Gasteiger partial charge in [-0.3, -0.25) is 4.72 Å². The number of halogens is 2. The molecule has 0 radical (unpaired) electrons. The molecule has 2 aromatic rings. The summed E-state index contributed by atoms with van der Waals surface area (Å²) in [6.07, 6.45) is 0. The molecule has 0 unspecified atom stereocenters. The fraction of sp³-hybridized carbons (Fsp3) is 0.143. The maximum absolute atomic E-state index is 12.4. The van der Waals surface area contributed by atoms with E-state index in [0.717, 1.165) is 15.6 Å². The van der Waals surface area contributed by atoms with E-state index in [1.165, 1.54) is 0 Å². The smallest absolute Gasteiger partial charge is 0.262 e. The average Bonchev–Trinajstić information content (AvgIpc) is 2.32. The number of rotatable bonds is 3. The Bertz CT molecular complexity index is 758. The van der Waals surface area contributed by atoms with E-state index in [1.807, 2.05) is 13.0 Å². The second kappa shape index (κ2) is 5.87. The summed E-state index contributed by atoms with van der Waals surface area (Å²) in [5.41, 5.74) is 2.27. The molecule has 0 heterocycles. The summed E-state index contributed by atoms with van der Waals surface area (Å²) in [6.45, 7) is 3.72. The first-order chi connectivity index (χ1) is 9.29. The lowest BCUT2D eigenvalue weighted by Crippen LogP contribution is -2.14. The summed E-state index contributed by atoms with van der Waals surface area (Å²) in [5, 5.41) is 0. The van der Waals surface area contributed by atoms with Crippen molar-refractivity contribution in [3.05, 3.63) is 56.5 Å². The van der Waals surface area contributed by atoms with Crippen molar-refractivity contribution in [3.8, 4) is 0 Å². The monoisotopic (exact) mass is 417 g/mol. The standard InChI is InChI=1S/C14H13Br2NO2S/c1-9-3-6-14(10(2)7-9)20(18,19)17-13-5-4-11(15)8-12(13)16/h3-8,17H,1-2H3. The Morgan fingerprint density at radius 1 is 1.00 bits per heavy atom. The molecule has 20 heavy (non-hydrogen) atoms.